The number of carbonyl (C=O) groups is 1. The molecule has 0 saturated heterocycles. The minimum absolute atomic E-state index is 0.250. The summed E-state index contributed by atoms with van der Waals surface area (Å²) in [5.74, 6) is 0.716. The van der Waals surface area contributed by atoms with Gasteiger partial charge >= 0.3 is 0 Å². The molecule has 4 heteroatoms. The summed E-state index contributed by atoms with van der Waals surface area (Å²) in [5, 5.41) is 3.84. The van der Waals surface area contributed by atoms with Crippen molar-refractivity contribution in [3.63, 3.8) is 0 Å². The highest BCUT2D eigenvalue weighted by atomic mass is 32.2. The molecule has 0 aliphatic heterocycles. The van der Waals surface area contributed by atoms with Gasteiger partial charge in [0.2, 0.25) is 5.91 Å². The first-order valence-corrected chi connectivity index (χ1v) is 6.63. The Bertz CT molecular complexity index is 197. The SMILES string of the molecule is CCCNC(C)(CCSC(C)C)C(N)=O. The summed E-state index contributed by atoms with van der Waals surface area (Å²) in [6.45, 7) is 9.13. The molecule has 1 unspecified atom stereocenters. The van der Waals surface area contributed by atoms with Gasteiger partial charge in [-0.15, -0.1) is 0 Å². The van der Waals surface area contributed by atoms with Gasteiger partial charge in [0, 0.05) is 0 Å². The van der Waals surface area contributed by atoms with E-state index in [9.17, 15) is 4.79 Å². The van der Waals surface area contributed by atoms with Crippen LogP contribution in [0.25, 0.3) is 0 Å². The average molecular weight is 232 g/mol. The van der Waals surface area contributed by atoms with Gasteiger partial charge in [-0.25, -0.2) is 0 Å². The van der Waals surface area contributed by atoms with Crippen molar-refractivity contribution < 1.29 is 4.79 Å². The minimum Gasteiger partial charge on any atom is -0.368 e. The standard InChI is InChI=1S/C11H24N2OS/c1-5-7-13-11(4,10(12)14)6-8-15-9(2)3/h9,13H,5-8H2,1-4H3,(H2,12,14). The quantitative estimate of drug-likeness (QED) is 0.670. The Hall–Kier alpha value is -0.220. The lowest BCUT2D eigenvalue weighted by molar-refractivity contribution is -0.123. The van der Waals surface area contributed by atoms with Crippen LogP contribution in [0.2, 0.25) is 0 Å². The Morgan fingerprint density at radius 3 is 2.53 bits per heavy atom. The summed E-state index contributed by atoms with van der Waals surface area (Å²) in [7, 11) is 0. The van der Waals surface area contributed by atoms with Crippen molar-refractivity contribution in [1.29, 1.82) is 0 Å². The Kier molecular flexibility index (Phi) is 7.02. The van der Waals surface area contributed by atoms with Crippen LogP contribution in [0.4, 0.5) is 0 Å². The first-order valence-electron chi connectivity index (χ1n) is 5.59. The Labute approximate surface area is 97.6 Å². The van der Waals surface area contributed by atoms with Gasteiger partial charge in [0.15, 0.2) is 0 Å². The fourth-order valence-electron chi connectivity index (χ4n) is 1.20. The molecule has 0 aromatic heterocycles. The molecule has 90 valence electrons. The Morgan fingerprint density at radius 2 is 2.13 bits per heavy atom. The number of rotatable bonds is 8. The van der Waals surface area contributed by atoms with Crippen LogP contribution in [-0.4, -0.2) is 29.0 Å². The normalized spacial score (nSPS) is 15.3. The molecular formula is C11H24N2OS. The zero-order valence-electron chi connectivity index (χ0n) is 10.3. The number of hydrogen-bond donors (Lipinski definition) is 2. The van der Waals surface area contributed by atoms with E-state index in [1.165, 1.54) is 0 Å². The highest BCUT2D eigenvalue weighted by molar-refractivity contribution is 7.99. The second-order valence-corrected chi connectivity index (χ2v) is 5.98. The third kappa shape index (κ3) is 6.05. The molecule has 3 nitrogen and oxygen atoms in total. The molecule has 3 N–H and O–H groups in total. The smallest absolute Gasteiger partial charge is 0.237 e. The molecule has 1 atom stereocenters. The molecule has 0 spiro atoms. The number of nitrogens with one attached hydrogen (secondary N) is 1. The van der Waals surface area contributed by atoms with E-state index in [4.69, 9.17) is 5.73 Å². The van der Waals surface area contributed by atoms with Crippen molar-refractivity contribution >= 4 is 17.7 Å². The Morgan fingerprint density at radius 1 is 1.53 bits per heavy atom. The molecule has 0 aliphatic rings. The monoisotopic (exact) mass is 232 g/mol. The largest absolute Gasteiger partial charge is 0.368 e. The average Bonchev–Trinajstić information content (AvgIpc) is 2.14. The molecule has 0 radical (unpaired) electrons. The highest BCUT2D eigenvalue weighted by Crippen LogP contribution is 2.17. The molecule has 0 aromatic rings. The van der Waals surface area contributed by atoms with Gasteiger partial charge in [-0.3, -0.25) is 4.79 Å². The zero-order valence-corrected chi connectivity index (χ0v) is 11.1. The van der Waals surface area contributed by atoms with Gasteiger partial charge < -0.3 is 11.1 Å². The van der Waals surface area contributed by atoms with Crippen molar-refractivity contribution in [3.05, 3.63) is 0 Å². The lowest BCUT2D eigenvalue weighted by Gasteiger charge is -2.27. The minimum atomic E-state index is -0.544. The molecule has 0 heterocycles. The van der Waals surface area contributed by atoms with E-state index in [0.717, 1.165) is 25.1 Å². The van der Waals surface area contributed by atoms with Crippen LogP contribution in [-0.2, 0) is 4.79 Å². The molecule has 0 saturated carbocycles. The number of primary amides is 1. The van der Waals surface area contributed by atoms with Crippen molar-refractivity contribution in [2.75, 3.05) is 12.3 Å². The number of thioether (sulfide) groups is 1. The second kappa shape index (κ2) is 7.12. The van der Waals surface area contributed by atoms with Crippen LogP contribution < -0.4 is 11.1 Å². The van der Waals surface area contributed by atoms with Crippen molar-refractivity contribution in [1.82, 2.24) is 5.32 Å². The number of nitrogens with two attached hydrogens (primary N) is 1. The first-order chi connectivity index (χ1) is 6.92. The van der Waals surface area contributed by atoms with Crippen molar-refractivity contribution in [2.45, 2.75) is 51.3 Å². The highest BCUT2D eigenvalue weighted by Gasteiger charge is 2.29. The van der Waals surface area contributed by atoms with E-state index >= 15 is 0 Å². The van der Waals surface area contributed by atoms with Crippen molar-refractivity contribution in [3.8, 4) is 0 Å². The number of carbonyl (C=O) groups excluding carboxylic acids is 1. The van der Waals surface area contributed by atoms with Crippen LogP contribution in [0.5, 0.6) is 0 Å². The van der Waals surface area contributed by atoms with Gasteiger partial charge in [0.25, 0.3) is 0 Å². The van der Waals surface area contributed by atoms with Crippen molar-refractivity contribution in [2.24, 2.45) is 5.73 Å². The maximum atomic E-state index is 11.4. The van der Waals surface area contributed by atoms with Crippen LogP contribution in [0.15, 0.2) is 0 Å². The molecular weight excluding hydrogens is 208 g/mol. The molecule has 15 heavy (non-hydrogen) atoms. The third-order valence-corrected chi connectivity index (χ3v) is 3.47. The maximum Gasteiger partial charge on any atom is 0.237 e. The second-order valence-electron chi connectivity index (χ2n) is 4.29. The predicted octanol–water partition coefficient (Wildman–Crippen LogP) is 1.76. The Balaban J connectivity index is 4.07. The van der Waals surface area contributed by atoms with E-state index in [2.05, 4.69) is 26.1 Å². The maximum absolute atomic E-state index is 11.4. The number of amides is 1. The van der Waals surface area contributed by atoms with Gasteiger partial charge in [-0.05, 0) is 37.3 Å². The third-order valence-electron chi connectivity index (χ3n) is 2.36. The molecule has 1 amide bonds. The van der Waals surface area contributed by atoms with E-state index in [1.54, 1.807) is 0 Å². The zero-order chi connectivity index (χ0) is 11.9. The van der Waals surface area contributed by atoms with Gasteiger partial charge in [0.05, 0.1) is 5.54 Å². The summed E-state index contributed by atoms with van der Waals surface area (Å²) in [6.07, 6.45) is 1.81. The predicted molar refractivity (Wildman–Crippen MR) is 68.1 cm³/mol. The van der Waals surface area contributed by atoms with E-state index in [-0.39, 0.29) is 5.91 Å². The first kappa shape index (κ1) is 14.8. The number of hydrogen-bond acceptors (Lipinski definition) is 3. The van der Waals surface area contributed by atoms with Gasteiger partial charge in [0.1, 0.15) is 0 Å². The molecule has 0 aliphatic carbocycles. The lowest BCUT2D eigenvalue weighted by atomic mass is 9.98. The topological polar surface area (TPSA) is 55.1 Å². The van der Waals surface area contributed by atoms with Gasteiger partial charge in [-0.2, -0.15) is 11.8 Å². The van der Waals surface area contributed by atoms with Crippen LogP contribution in [0.3, 0.4) is 0 Å². The summed E-state index contributed by atoms with van der Waals surface area (Å²) >= 11 is 1.86. The summed E-state index contributed by atoms with van der Waals surface area (Å²) in [5.41, 5.74) is 4.87. The molecule has 0 bridgehead atoms. The fraction of sp³-hybridized carbons (Fsp3) is 0.909. The fourth-order valence-corrected chi connectivity index (χ4v) is 2.20. The lowest BCUT2D eigenvalue weighted by Crippen LogP contribution is -2.53. The van der Waals surface area contributed by atoms with E-state index in [1.807, 2.05) is 18.7 Å². The summed E-state index contributed by atoms with van der Waals surface area (Å²) < 4.78 is 0. The summed E-state index contributed by atoms with van der Waals surface area (Å²) in [4.78, 5) is 11.4. The van der Waals surface area contributed by atoms with E-state index < -0.39 is 5.54 Å². The van der Waals surface area contributed by atoms with Crippen LogP contribution in [0.1, 0.15) is 40.5 Å². The van der Waals surface area contributed by atoms with Crippen LogP contribution in [0, 0.1) is 0 Å². The molecule has 0 fully saturated rings. The van der Waals surface area contributed by atoms with E-state index in [0.29, 0.717) is 5.25 Å². The van der Waals surface area contributed by atoms with Crippen LogP contribution >= 0.6 is 11.8 Å². The summed E-state index contributed by atoms with van der Waals surface area (Å²) in [6, 6.07) is 0. The molecule has 0 aromatic carbocycles. The molecule has 0 rings (SSSR count). The van der Waals surface area contributed by atoms with Gasteiger partial charge in [-0.1, -0.05) is 20.8 Å².